The summed E-state index contributed by atoms with van der Waals surface area (Å²) in [6.45, 7) is 2.59. The zero-order chi connectivity index (χ0) is 15.0. The van der Waals surface area contributed by atoms with Crippen molar-refractivity contribution >= 4 is 23.2 Å². The van der Waals surface area contributed by atoms with Crippen molar-refractivity contribution < 1.29 is 14.6 Å². The maximum absolute atomic E-state index is 12.3. The lowest BCUT2D eigenvalue weighted by molar-refractivity contribution is -0.0261. The highest BCUT2D eigenvalue weighted by Gasteiger charge is 2.28. The van der Waals surface area contributed by atoms with Crippen LogP contribution in [-0.2, 0) is 4.74 Å². The lowest BCUT2D eigenvalue weighted by Crippen LogP contribution is -2.48. The van der Waals surface area contributed by atoms with Crippen LogP contribution in [0.3, 0.4) is 0 Å². The van der Waals surface area contributed by atoms with E-state index in [0.717, 1.165) is 5.56 Å². The number of rotatable bonds is 2. The highest BCUT2D eigenvalue weighted by Crippen LogP contribution is 2.21. The molecule has 3 heterocycles. The number of aliphatic hydroxyl groups excluding tert-OH is 1. The number of hydrogen-bond donors (Lipinski definition) is 2. The number of carbonyl (C=O) groups excluding carboxylic acids is 1. The van der Waals surface area contributed by atoms with E-state index in [4.69, 9.17) is 16.3 Å². The van der Waals surface area contributed by atoms with Gasteiger partial charge in [0.2, 0.25) is 0 Å². The largest absolute Gasteiger partial charge is 0.389 e. The van der Waals surface area contributed by atoms with Crippen LogP contribution in [0.4, 0.5) is 0 Å². The fourth-order valence-corrected chi connectivity index (χ4v) is 2.53. The first-order chi connectivity index (χ1) is 10.1. The number of nitrogens with one attached hydrogen (secondary N) is 1. The molecule has 0 aromatic carbocycles. The van der Waals surface area contributed by atoms with Gasteiger partial charge < -0.3 is 15.2 Å². The van der Waals surface area contributed by atoms with Crippen molar-refractivity contribution in [1.82, 2.24) is 19.9 Å². The molecule has 1 aliphatic heterocycles. The van der Waals surface area contributed by atoms with E-state index in [9.17, 15) is 9.90 Å². The van der Waals surface area contributed by atoms with Gasteiger partial charge in [-0.2, -0.15) is 5.10 Å². The van der Waals surface area contributed by atoms with Crippen LogP contribution in [0.5, 0.6) is 0 Å². The van der Waals surface area contributed by atoms with Gasteiger partial charge in [-0.3, -0.25) is 4.79 Å². The number of carbonyl (C=O) groups is 1. The van der Waals surface area contributed by atoms with Crippen LogP contribution in [0.25, 0.3) is 5.65 Å². The number of hydrogen-bond acceptors (Lipinski definition) is 5. The molecule has 2 N–H and O–H groups in total. The fourth-order valence-electron chi connectivity index (χ4n) is 2.27. The second kappa shape index (κ2) is 5.59. The summed E-state index contributed by atoms with van der Waals surface area (Å²) in [5, 5.41) is 16.9. The SMILES string of the molecule is Cc1cnc2c(Cl)c(C(=O)N[C@@H]3CCOC[C@H]3O)nn2c1. The molecule has 0 radical (unpaired) electrons. The molecule has 3 rings (SSSR count). The van der Waals surface area contributed by atoms with Crippen molar-refractivity contribution in [3.8, 4) is 0 Å². The molecule has 0 saturated carbocycles. The van der Waals surface area contributed by atoms with Gasteiger partial charge in [-0.1, -0.05) is 11.6 Å². The van der Waals surface area contributed by atoms with Gasteiger partial charge in [0.05, 0.1) is 18.8 Å². The van der Waals surface area contributed by atoms with E-state index in [1.54, 1.807) is 12.4 Å². The molecule has 2 atom stereocenters. The van der Waals surface area contributed by atoms with Crippen molar-refractivity contribution in [1.29, 1.82) is 0 Å². The summed E-state index contributed by atoms with van der Waals surface area (Å²) < 4.78 is 6.61. The van der Waals surface area contributed by atoms with Crippen LogP contribution in [0.2, 0.25) is 5.02 Å². The number of aromatic nitrogens is 3. The molecule has 21 heavy (non-hydrogen) atoms. The Morgan fingerprint density at radius 2 is 2.43 bits per heavy atom. The average molecular weight is 311 g/mol. The molecule has 8 heteroatoms. The van der Waals surface area contributed by atoms with Crippen LogP contribution in [0.15, 0.2) is 12.4 Å². The summed E-state index contributed by atoms with van der Waals surface area (Å²) in [6.07, 6.45) is 3.23. The summed E-state index contributed by atoms with van der Waals surface area (Å²) in [6, 6.07) is -0.359. The molecule has 1 fully saturated rings. The molecule has 0 unspecified atom stereocenters. The molecule has 0 aliphatic carbocycles. The Labute approximate surface area is 125 Å². The van der Waals surface area contributed by atoms with E-state index in [2.05, 4.69) is 15.4 Å². The third kappa shape index (κ3) is 2.72. The summed E-state index contributed by atoms with van der Waals surface area (Å²) >= 11 is 6.16. The van der Waals surface area contributed by atoms with E-state index >= 15 is 0 Å². The Balaban J connectivity index is 1.85. The zero-order valence-electron chi connectivity index (χ0n) is 11.4. The van der Waals surface area contributed by atoms with Gasteiger partial charge >= 0.3 is 0 Å². The van der Waals surface area contributed by atoms with Gasteiger partial charge in [-0.25, -0.2) is 9.50 Å². The number of ether oxygens (including phenoxy) is 1. The van der Waals surface area contributed by atoms with Gasteiger partial charge in [0.1, 0.15) is 5.02 Å². The van der Waals surface area contributed by atoms with Crippen LogP contribution >= 0.6 is 11.6 Å². The minimum absolute atomic E-state index is 0.105. The topological polar surface area (TPSA) is 88.8 Å². The Morgan fingerprint density at radius 1 is 1.62 bits per heavy atom. The summed E-state index contributed by atoms with van der Waals surface area (Å²) in [5.41, 5.74) is 1.45. The second-order valence-corrected chi connectivity index (χ2v) is 5.45. The van der Waals surface area contributed by atoms with E-state index in [-0.39, 0.29) is 23.4 Å². The van der Waals surface area contributed by atoms with Crippen molar-refractivity contribution in [2.75, 3.05) is 13.2 Å². The molecule has 2 aromatic heterocycles. The molecule has 0 spiro atoms. The van der Waals surface area contributed by atoms with Gasteiger partial charge in [-0.15, -0.1) is 0 Å². The first-order valence-electron chi connectivity index (χ1n) is 6.63. The lowest BCUT2D eigenvalue weighted by atomic mass is 10.1. The maximum Gasteiger partial charge on any atom is 0.273 e. The van der Waals surface area contributed by atoms with E-state index in [1.807, 2.05) is 6.92 Å². The molecular weight excluding hydrogens is 296 g/mol. The van der Waals surface area contributed by atoms with E-state index in [1.165, 1.54) is 4.52 Å². The predicted octanol–water partition coefficient (Wildman–Crippen LogP) is 0.571. The monoisotopic (exact) mass is 310 g/mol. The van der Waals surface area contributed by atoms with Crippen molar-refractivity contribution in [3.63, 3.8) is 0 Å². The smallest absolute Gasteiger partial charge is 0.273 e. The second-order valence-electron chi connectivity index (χ2n) is 5.07. The zero-order valence-corrected chi connectivity index (χ0v) is 12.2. The first kappa shape index (κ1) is 14.2. The van der Waals surface area contributed by atoms with Crippen LogP contribution in [0.1, 0.15) is 22.5 Å². The molecule has 7 nitrogen and oxygen atoms in total. The highest BCUT2D eigenvalue weighted by molar-refractivity contribution is 6.36. The maximum atomic E-state index is 12.3. The number of halogens is 1. The Morgan fingerprint density at radius 3 is 3.19 bits per heavy atom. The normalized spacial score (nSPS) is 22.4. The number of aliphatic hydroxyl groups is 1. The van der Waals surface area contributed by atoms with Crippen molar-refractivity contribution in [2.24, 2.45) is 0 Å². The number of fused-ring (bicyclic) bond motifs is 1. The molecule has 112 valence electrons. The van der Waals surface area contributed by atoms with Crippen molar-refractivity contribution in [2.45, 2.75) is 25.5 Å². The first-order valence-corrected chi connectivity index (χ1v) is 7.01. The molecule has 1 amide bonds. The van der Waals surface area contributed by atoms with Gasteiger partial charge in [-0.05, 0) is 18.9 Å². The third-order valence-corrected chi connectivity index (χ3v) is 3.75. The molecule has 0 bridgehead atoms. The Bertz CT molecular complexity index is 687. The minimum Gasteiger partial charge on any atom is -0.389 e. The highest BCUT2D eigenvalue weighted by atomic mass is 35.5. The standard InChI is InChI=1S/C13H15ClN4O3/c1-7-4-15-12-10(14)11(17-18(12)5-7)13(20)16-8-2-3-21-6-9(8)19/h4-5,8-9,19H,2-3,6H2,1H3,(H,16,20)/t8-,9-/m1/s1. The summed E-state index contributed by atoms with van der Waals surface area (Å²) in [7, 11) is 0. The lowest BCUT2D eigenvalue weighted by Gasteiger charge is -2.28. The molecule has 1 saturated heterocycles. The van der Waals surface area contributed by atoms with Crippen molar-refractivity contribution in [3.05, 3.63) is 28.7 Å². The van der Waals surface area contributed by atoms with E-state index < -0.39 is 12.0 Å². The quantitative estimate of drug-likeness (QED) is 0.846. The van der Waals surface area contributed by atoms with Crippen LogP contribution in [0, 0.1) is 6.92 Å². The minimum atomic E-state index is -0.723. The van der Waals surface area contributed by atoms with E-state index in [0.29, 0.717) is 18.7 Å². The van der Waals surface area contributed by atoms with Gasteiger partial charge in [0, 0.05) is 19.0 Å². The number of amides is 1. The molecular formula is C13H15ClN4O3. The van der Waals surface area contributed by atoms with Crippen LogP contribution < -0.4 is 5.32 Å². The number of aryl methyl sites for hydroxylation is 1. The average Bonchev–Trinajstić information content (AvgIpc) is 2.78. The Kier molecular flexibility index (Phi) is 3.79. The fraction of sp³-hybridized carbons (Fsp3) is 0.462. The third-order valence-electron chi connectivity index (χ3n) is 3.40. The van der Waals surface area contributed by atoms with Crippen LogP contribution in [-0.4, -0.2) is 51.0 Å². The Hall–Kier alpha value is -1.70. The number of nitrogens with zero attached hydrogens (tertiary/aromatic N) is 3. The van der Waals surface area contributed by atoms with Gasteiger partial charge in [0.15, 0.2) is 11.3 Å². The molecule has 1 aliphatic rings. The summed E-state index contributed by atoms with van der Waals surface area (Å²) in [4.78, 5) is 16.4. The summed E-state index contributed by atoms with van der Waals surface area (Å²) in [5.74, 6) is -0.422. The van der Waals surface area contributed by atoms with Gasteiger partial charge in [0.25, 0.3) is 5.91 Å². The molecule has 2 aromatic rings. The predicted molar refractivity (Wildman–Crippen MR) is 75.4 cm³/mol.